The van der Waals surface area contributed by atoms with Crippen molar-refractivity contribution in [3.8, 4) is 0 Å². The minimum absolute atomic E-state index is 0.562. The van der Waals surface area contributed by atoms with Gasteiger partial charge < -0.3 is 14.3 Å². The van der Waals surface area contributed by atoms with Crippen molar-refractivity contribution in [1.29, 1.82) is 0 Å². The summed E-state index contributed by atoms with van der Waals surface area (Å²) in [6.45, 7) is 4.66. The number of hydrogen-bond acceptors (Lipinski definition) is 4. The van der Waals surface area contributed by atoms with Gasteiger partial charge in [-0.25, -0.2) is 9.34 Å². The van der Waals surface area contributed by atoms with E-state index in [2.05, 4.69) is 15.9 Å². The number of morpholine rings is 2. The molecule has 0 saturated carbocycles. The monoisotopic (exact) mass is 340 g/mol. The van der Waals surface area contributed by atoms with Gasteiger partial charge in [-0.15, -0.1) is 0 Å². The highest BCUT2D eigenvalue weighted by Crippen LogP contribution is 2.59. The summed E-state index contributed by atoms with van der Waals surface area (Å²) in [4.78, 5) is 11.1. The normalized spacial score (nSPS) is 25.8. The van der Waals surface area contributed by atoms with Crippen molar-refractivity contribution in [2.45, 2.75) is 4.57 Å². The number of aldehydes is 1. The van der Waals surface area contributed by atoms with Crippen LogP contribution >= 0.6 is 23.4 Å². The van der Waals surface area contributed by atoms with Crippen LogP contribution in [0.2, 0.25) is 0 Å². The molecule has 0 unspecified atom stereocenters. The van der Waals surface area contributed by atoms with E-state index in [9.17, 15) is 9.36 Å². The molecule has 0 aliphatic carbocycles. The number of ether oxygens (including phenoxy) is 2. The summed E-state index contributed by atoms with van der Waals surface area (Å²) in [6.07, 6.45) is 0.728. The molecule has 0 bridgehead atoms. The molecule has 104 valence electrons. The van der Waals surface area contributed by atoms with Crippen LogP contribution in [0.3, 0.4) is 0 Å². The van der Waals surface area contributed by atoms with E-state index in [0.29, 0.717) is 52.6 Å². The molecule has 0 spiro atoms. The molecule has 2 saturated heterocycles. The lowest BCUT2D eigenvalue weighted by Gasteiger charge is -2.43. The van der Waals surface area contributed by atoms with Gasteiger partial charge in [0.1, 0.15) is 10.9 Å². The van der Waals surface area contributed by atoms with Gasteiger partial charge in [0.25, 0.3) is 0 Å². The van der Waals surface area contributed by atoms with Crippen molar-refractivity contribution < 1.29 is 18.8 Å². The second kappa shape index (κ2) is 6.59. The molecule has 18 heavy (non-hydrogen) atoms. The van der Waals surface area contributed by atoms with Crippen LogP contribution in [0.5, 0.6) is 0 Å². The summed E-state index contributed by atoms with van der Waals surface area (Å²) in [5, 5.41) is 0. The zero-order chi connectivity index (χ0) is 13.0. The fraction of sp³-hybridized carbons (Fsp3) is 0.900. The van der Waals surface area contributed by atoms with Gasteiger partial charge in [0, 0.05) is 26.2 Å². The fourth-order valence-electron chi connectivity index (χ4n) is 2.25. The standard InChI is InChI=1S/C10H18BrN2O4P/c11-10(9-14)18(15,12-1-5-16-6-2-12)13-3-7-17-8-4-13/h9-10H,1-8H2/t10-/m1/s1. The summed E-state index contributed by atoms with van der Waals surface area (Å²) in [5.41, 5.74) is 0. The SMILES string of the molecule is O=C[C@H](Br)P(=O)(N1CCOCC1)N1CCOCC1. The minimum Gasteiger partial charge on any atom is -0.379 e. The van der Waals surface area contributed by atoms with Crippen LogP contribution in [0, 0.1) is 0 Å². The number of rotatable bonds is 4. The lowest BCUT2D eigenvalue weighted by atomic mass is 10.5. The smallest absolute Gasteiger partial charge is 0.237 e. The van der Waals surface area contributed by atoms with E-state index in [1.54, 1.807) is 0 Å². The number of carbonyl (C=O) groups is 1. The van der Waals surface area contributed by atoms with Gasteiger partial charge in [-0.2, -0.15) is 0 Å². The molecule has 8 heteroatoms. The number of alkyl halides is 1. The molecular formula is C10H18BrN2O4P. The quantitative estimate of drug-likeness (QED) is 0.428. The summed E-state index contributed by atoms with van der Waals surface area (Å²) < 4.78 is 27.0. The predicted molar refractivity (Wildman–Crippen MR) is 71.2 cm³/mol. The van der Waals surface area contributed by atoms with E-state index in [1.165, 1.54) is 0 Å². The van der Waals surface area contributed by atoms with Gasteiger partial charge in [0.05, 0.1) is 26.4 Å². The molecule has 2 aliphatic rings. The first-order chi connectivity index (χ1) is 8.69. The maximum Gasteiger partial charge on any atom is 0.237 e. The first kappa shape index (κ1) is 14.6. The molecule has 2 heterocycles. The molecule has 2 rings (SSSR count). The highest BCUT2D eigenvalue weighted by Gasteiger charge is 2.44. The largest absolute Gasteiger partial charge is 0.379 e. The van der Waals surface area contributed by atoms with Crippen LogP contribution in [0.1, 0.15) is 0 Å². The molecule has 0 aromatic rings. The van der Waals surface area contributed by atoms with Crippen LogP contribution in [-0.2, 0) is 18.8 Å². The molecule has 0 radical (unpaired) electrons. The fourth-order valence-corrected chi connectivity index (χ4v) is 6.42. The first-order valence-corrected chi connectivity index (χ1v) is 8.64. The highest BCUT2D eigenvalue weighted by atomic mass is 79.9. The molecule has 2 fully saturated rings. The predicted octanol–water partition coefficient (Wildman–Crippen LogP) is 0.764. The lowest BCUT2D eigenvalue weighted by molar-refractivity contribution is -0.106. The van der Waals surface area contributed by atoms with E-state index in [4.69, 9.17) is 9.47 Å². The summed E-state index contributed by atoms with van der Waals surface area (Å²) in [5.74, 6) is 0. The van der Waals surface area contributed by atoms with Crippen molar-refractivity contribution in [2.75, 3.05) is 52.6 Å². The van der Waals surface area contributed by atoms with E-state index in [0.717, 1.165) is 6.29 Å². The van der Waals surface area contributed by atoms with Crippen LogP contribution in [0.4, 0.5) is 0 Å². The third-order valence-electron chi connectivity index (χ3n) is 3.22. The molecule has 0 amide bonds. The Balaban J connectivity index is 2.20. The Hall–Kier alpha value is 0.220. The maximum absolute atomic E-state index is 13.3. The van der Waals surface area contributed by atoms with Gasteiger partial charge in [-0.1, -0.05) is 15.9 Å². The zero-order valence-electron chi connectivity index (χ0n) is 10.2. The zero-order valence-corrected chi connectivity index (χ0v) is 12.6. The Morgan fingerprint density at radius 3 is 1.72 bits per heavy atom. The maximum atomic E-state index is 13.3. The molecular weight excluding hydrogens is 323 g/mol. The highest BCUT2D eigenvalue weighted by molar-refractivity contribution is 9.11. The minimum atomic E-state index is -2.91. The van der Waals surface area contributed by atoms with Gasteiger partial charge in [-0.3, -0.25) is 4.57 Å². The van der Waals surface area contributed by atoms with E-state index in [-0.39, 0.29) is 0 Å². The van der Waals surface area contributed by atoms with Crippen molar-refractivity contribution in [2.24, 2.45) is 0 Å². The topological polar surface area (TPSA) is 59.1 Å². The molecule has 0 aromatic carbocycles. The third kappa shape index (κ3) is 2.86. The summed E-state index contributed by atoms with van der Waals surface area (Å²) >= 11 is 3.27. The molecule has 6 nitrogen and oxygen atoms in total. The van der Waals surface area contributed by atoms with Crippen LogP contribution in [-0.4, -0.2) is 72.8 Å². The van der Waals surface area contributed by atoms with Crippen molar-refractivity contribution in [1.82, 2.24) is 9.34 Å². The summed E-state index contributed by atoms with van der Waals surface area (Å²) in [7, 11) is -2.91. The van der Waals surface area contributed by atoms with E-state index in [1.807, 2.05) is 9.34 Å². The van der Waals surface area contributed by atoms with Crippen molar-refractivity contribution in [3.63, 3.8) is 0 Å². The molecule has 1 atom stereocenters. The average molecular weight is 341 g/mol. The third-order valence-corrected chi connectivity index (χ3v) is 8.22. The van der Waals surface area contributed by atoms with Gasteiger partial charge >= 0.3 is 0 Å². The van der Waals surface area contributed by atoms with Crippen molar-refractivity contribution in [3.05, 3.63) is 0 Å². The first-order valence-electron chi connectivity index (χ1n) is 6.05. The van der Waals surface area contributed by atoms with E-state index >= 15 is 0 Å². The number of carbonyl (C=O) groups excluding carboxylic acids is 1. The second-order valence-electron chi connectivity index (χ2n) is 4.23. The number of halogens is 1. The molecule has 2 aliphatic heterocycles. The Labute approximate surface area is 115 Å². The number of hydrogen-bond donors (Lipinski definition) is 0. The Kier molecular flexibility index (Phi) is 5.35. The van der Waals surface area contributed by atoms with Gasteiger partial charge in [0.15, 0.2) is 0 Å². The van der Waals surface area contributed by atoms with Gasteiger partial charge in [0.2, 0.25) is 7.44 Å². The number of nitrogens with zero attached hydrogens (tertiary/aromatic N) is 2. The van der Waals surface area contributed by atoms with Crippen molar-refractivity contribution >= 4 is 29.7 Å². The lowest BCUT2D eigenvalue weighted by Crippen LogP contribution is -2.45. The van der Waals surface area contributed by atoms with E-state index < -0.39 is 12.0 Å². The van der Waals surface area contributed by atoms with Gasteiger partial charge in [-0.05, 0) is 0 Å². The molecule has 0 N–H and O–H groups in total. The van der Waals surface area contributed by atoms with Crippen LogP contribution in [0.15, 0.2) is 0 Å². The Morgan fingerprint density at radius 2 is 1.39 bits per heavy atom. The second-order valence-corrected chi connectivity index (χ2v) is 8.79. The Morgan fingerprint density at radius 1 is 1.00 bits per heavy atom. The summed E-state index contributed by atoms with van der Waals surface area (Å²) in [6, 6.07) is 0. The Bertz CT molecular complexity index is 310. The average Bonchev–Trinajstić information content (AvgIpc) is 2.47. The molecule has 0 aromatic heterocycles. The van der Waals surface area contributed by atoms with Crippen LogP contribution < -0.4 is 0 Å². The van der Waals surface area contributed by atoms with Crippen LogP contribution in [0.25, 0.3) is 0 Å².